The first-order valence-electron chi connectivity index (χ1n) is 6.79. The lowest BCUT2D eigenvalue weighted by Crippen LogP contribution is -2.33. The number of hydrogen-bond acceptors (Lipinski definition) is 3. The van der Waals surface area contributed by atoms with Gasteiger partial charge < -0.3 is 10.4 Å². The van der Waals surface area contributed by atoms with Crippen molar-refractivity contribution in [1.29, 1.82) is 5.26 Å². The molecule has 20 heavy (non-hydrogen) atoms. The van der Waals surface area contributed by atoms with Crippen LogP contribution in [0.5, 0.6) is 0 Å². The van der Waals surface area contributed by atoms with Crippen LogP contribution >= 0.6 is 0 Å². The highest BCUT2D eigenvalue weighted by molar-refractivity contribution is 5.38. The van der Waals surface area contributed by atoms with Crippen LogP contribution in [0, 0.1) is 11.3 Å². The van der Waals surface area contributed by atoms with Crippen LogP contribution in [0.2, 0.25) is 0 Å². The summed E-state index contributed by atoms with van der Waals surface area (Å²) in [6.45, 7) is 0.858. The number of rotatable bonds is 2. The Kier molecular flexibility index (Phi) is 3.51. The molecule has 0 amide bonds. The maximum atomic E-state index is 10.6. The molecule has 0 bridgehead atoms. The fraction of sp³-hybridized carbons (Fsp3) is 0.235. The van der Waals surface area contributed by atoms with Gasteiger partial charge in [-0.2, -0.15) is 5.26 Å². The van der Waals surface area contributed by atoms with Gasteiger partial charge in [0.2, 0.25) is 0 Å². The number of benzene rings is 2. The molecule has 100 valence electrons. The molecular formula is C17H16N2O. The topological polar surface area (TPSA) is 56.0 Å². The molecule has 0 aromatic heterocycles. The Hall–Kier alpha value is -2.15. The fourth-order valence-corrected chi connectivity index (χ4v) is 2.80. The largest absolute Gasteiger partial charge is 0.386 e. The third-order valence-corrected chi connectivity index (χ3v) is 3.82. The average Bonchev–Trinajstić information content (AvgIpc) is 2.53. The zero-order valence-corrected chi connectivity index (χ0v) is 11.1. The molecule has 0 aliphatic carbocycles. The van der Waals surface area contributed by atoms with Gasteiger partial charge in [0.05, 0.1) is 23.8 Å². The van der Waals surface area contributed by atoms with Gasteiger partial charge in [-0.05, 0) is 41.8 Å². The van der Waals surface area contributed by atoms with Gasteiger partial charge in [-0.25, -0.2) is 0 Å². The van der Waals surface area contributed by atoms with Gasteiger partial charge in [0.15, 0.2) is 0 Å². The molecule has 0 saturated heterocycles. The minimum Gasteiger partial charge on any atom is -0.386 e. The first-order valence-corrected chi connectivity index (χ1v) is 6.79. The molecule has 1 aliphatic rings. The first-order chi connectivity index (χ1) is 9.79. The highest BCUT2D eigenvalue weighted by Crippen LogP contribution is 2.33. The lowest BCUT2D eigenvalue weighted by molar-refractivity contribution is 0.125. The number of nitrogens with zero attached hydrogens (tertiary/aromatic N) is 1. The van der Waals surface area contributed by atoms with E-state index < -0.39 is 6.10 Å². The van der Waals surface area contributed by atoms with E-state index in [9.17, 15) is 5.11 Å². The first kappa shape index (κ1) is 12.9. The van der Waals surface area contributed by atoms with Crippen LogP contribution < -0.4 is 5.32 Å². The molecule has 0 radical (unpaired) electrons. The summed E-state index contributed by atoms with van der Waals surface area (Å²) in [6, 6.07) is 17.4. The fourth-order valence-electron chi connectivity index (χ4n) is 2.80. The van der Waals surface area contributed by atoms with Crippen molar-refractivity contribution in [3.63, 3.8) is 0 Å². The highest BCUT2D eigenvalue weighted by Gasteiger charge is 2.27. The van der Waals surface area contributed by atoms with Gasteiger partial charge in [-0.3, -0.25) is 0 Å². The smallest absolute Gasteiger partial charge is 0.0991 e. The van der Waals surface area contributed by atoms with Crippen molar-refractivity contribution in [2.24, 2.45) is 0 Å². The lowest BCUT2D eigenvalue weighted by Gasteiger charge is -2.31. The van der Waals surface area contributed by atoms with Gasteiger partial charge >= 0.3 is 0 Å². The van der Waals surface area contributed by atoms with Crippen molar-refractivity contribution in [3.05, 3.63) is 70.8 Å². The molecule has 2 atom stereocenters. The normalized spacial score (nSPS) is 18.9. The van der Waals surface area contributed by atoms with E-state index in [-0.39, 0.29) is 6.04 Å². The monoisotopic (exact) mass is 264 g/mol. The Morgan fingerprint density at radius 3 is 2.90 bits per heavy atom. The Morgan fingerprint density at radius 1 is 1.20 bits per heavy atom. The Balaban J connectivity index is 1.95. The average molecular weight is 264 g/mol. The maximum absolute atomic E-state index is 10.6. The molecule has 2 aromatic carbocycles. The lowest BCUT2D eigenvalue weighted by atomic mass is 9.88. The molecule has 3 nitrogen and oxygen atoms in total. The molecule has 3 heteroatoms. The number of fused-ring (bicyclic) bond motifs is 1. The van der Waals surface area contributed by atoms with E-state index in [2.05, 4.69) is 23.5 Å². The molecule has 1 aliphatic heterocycles. The van der Waals surface area contributed by atoms with Crippen LogP contribution in [0.25, 0.3) is 0 Å². The SMILES string of the molecule is N#Cc1cccc(C(O)C2NCCc3ccccc32)c1. The third kappa shape index (κ3) is 2.32. The van der Waals surface area contributed by atoms with E-state index in [1.54, 1.807) is 12.1 Å². The number of aliphatic hydroxyl groups excluding tert-OH is 1. The Labute approximate surface area is 118 Å². The second-order valence-corrected chi connectivity index (χ2v) is 5.06. The minimum atomic E-state index is -0.648. The van der Waals surface area contributed by atoms with Crippen molar-refractivity contribution in [2.45, 2.75) is 18.6 Å². The minimum absolute atomic E-state index is 0.117. The van der Waals surface area contributed by atoms with Gasteiger partial charge in [0.1, 0.15) is 0 Å². The van der Waals surface area contributed by atoms with Crippen molar-refractivity contribution in [1.82, 2.24) is 5.32 Å². The molecule has 1 heterocycles. The maximum Gasteiger partial charge on any atom is 0.0991 e. The van der Waals surface area contributed by atoms with E-state index in [0.29, 0.717) is 5.56 Å². The summed E-state index contributed by atoms with van der Waals surface area (Å²) in [4.78, 5) is 0. The van der Waals surface area contributed by atoms with E-state index in [4.69, 9.17) is 5.26 Å². The summed E-state index contributed by atoms with van der Waals surface area (Å²) in [5.41, 5.74) is 3.78. The standard InChI is InChI=1S/C17H16N2O/c18-11-12-4-3-6-14(10-12)17(20)16-15-7-2-1-5-13(15)8-9-19-16/h1-7,10,16-17,19-20H,8-9H2. The quantitative estimate of drug-likeness (QED) is 0.876. The van der Waals surface area contributed by atoms with Gasteiger partial charge in [-0.15, -0.1) is 0 Å². The van der Waals surface area contributed by atoms with Crippen LogP contribution in [-0.2, 0) is 6.42 Å². The molecular weight excluding hydrogens is 248 g/mol. The van der Waals surface area contributed by atoms with Gasteiger partial charge in [-0.1, -0.05) is 36.4 Å². The van der Waals surface area contributed by atoms with E-state index in [1.807, 2.05) is 24.3 Å². The van der Waals surface area contributed by atoms with Gasteiger partial charge in [0.25, 0.3) is 0 Å². The third-order valence-electron chi connectivity index (χ3n) is 3.82. The second kappa shape index (κ2) is 5.46. The Bertz CT molecular complexity index is 660. The highest BCUT2D eigenvalue weighted by atomic mass is 16.3. The summed E-state index contributed by atoms with van der Waals surface area (Å²) in [7, 11) is 0. The summed E-state index contributed by atoms with van der Waals surface area (Å²) in [5.74, 6) is 0. The summed E-state index contributed by atoms with van der Waals surface area (Å²) < 4.78 is 0. The van der Waals surface area contributed by atoms with Crippen LogP contribution in [0.15, 0.2) is 48.5 Å². The second-order valence-electron chi connectivity index (χ2n) is 5.06. The molecule has 2 unspecified atom stereocenters. The number of aliphatic hydroxyl groups is 1. The molecule has 0 spiro atoms. The number of nitrogens with one attached hydrogen (secondary N) is 1. The van der Waals surface area contributed by atoms with E-state index >= 15 is 0 Å². The van der Waals surface area contributed by atoms with Crippen LogP contribution in [0.3, 0.4) is 0 Å². The van der Waals surface area contributed by atoms with Crippen LogP contribution in [0.4, 0.5) is 0 Å². The van der Waals surface area contributed by atoms with Gasteiger partial charge in [0, 0.05) is 0 Å². The number of nitriles is 1. The van der Waals surface area contributed by atoms with Crippen molar-refractivity contribution in [3.8, 4) is 6.07 Å². The molecule has 2 N–H and O–H groups in total. The molecule has 0 saturated carbocycles. The van der Waals surface area contributed by atoms with Crippen molar-refractivity contribution < 1.29 is 5.11 Å². The van der Waals surface area contributed by atoms with Crippen LogP contribution in [-0.4, -0.2) is 11.7 Å². The summed E-state index contributed by atoms with van der Waals surface area (Å²) in [6.07, 6.45) is 0.335. The number of hydrogen-bond donors (Lipinski definition) is 2. The molecule has 3 rings (SSSR count). The summed E-state index contributed by atoms with van der Waals surface area (Å²) >= 11 is 0. The summed E-state index contributed by atoms with van der Waals surface area (Å²) in [5, 5.41) is 23.0. The van der Waals surface area contributed by atoms with Crippen molar-refractivity contribution >= 4 is 0 Å². The molecule has 2 aromatic rings. The van der Waals surface area contributed by atoms with Crippen molar-refractivity contribution in [2.75, 3.05) is 6.54 Å². The van der Waals surface area contributed by atoms with E-state index in [1.165, 1.54) is 5.56 Å². The predicted octanol–water partition coefficient (Wildman–Crippen LogP) is 2.48. The molecule has 0 fully saturated rings. The van der Waals surface area contributed by atoms with Crippen LogP contribution in [0.1, 0.15) is 34.4 Å². The predicted molar refractivity (Wildman–Crippen MR) is 77.0 cm³/mol. The Morgan fingerprint density at radius 2 is 2.05 bits per heavy atom. The zero-order chi connectivity index (χ0) is 13.9. The van der Waals surface area contributed by atoms with E-state index in [0.717, 1.165) is 24.1 Å². The zero-order valence-electron chi connectivity index (χ0n) is 11.1.